The Balaban J connectivity index is 2.15. The Bertz CT molecular complexity index is 968. The fourth-order valence-corrected chi connectivity index (χ4v) is 4.77. The molecule has 0 N–H and O–H groups in total. The second-order valence-corrected chi connectivity index (χ2v) is 8.42. The molecule has 1 fully saturated rings. The molecule has 2 aliphatic heterocycles. The Morgan fingerprint density at radius 2 is 1.60 bits per heavy atom. The number of amides is 2. The van der Waals surface area contributed by atoms with Crippen LogP contribution < -0.4 is 4.90 Å². The minimum absolute atomic E-state index is 0.0729. The number of allylic oxidation sites excluding steroid dienone is 1. The third-order valence-electron chi connectivity index (χ3n) is 5.76. The van der Waals surface area contributed by atoms with Crippen molar-refractivity contribution in [2.24, 2.45) is 0 Å². The molecule has 0 unspecified atom stereocenters. The monoisotopic (exact) mass is 429 g/mol. The van der Waals surface area contributed by atoms with Crippen LogP contribution in [0.2, 0.25) is 0 Å². The van der Waals surface area contributed by atoms with Gasteiger partial charge < -0.3 is 4.90 Å². The quantitative estimate of drug-likeness (QED) is 0.408. The number of carbonyl (C=O) groups excluding carboxylic acids is 2. The maximum absolute atomic E-state index is 15.1. The molecule has 7 heteroatoms. The second kappa shape index (κ2) is 7.95. The summed E-state index contributed by atoms with van der Waals surface area (Å²) in [5.41, 5.74) is 2.66. The van der Waals surface area contributed by atoms with Crippen LogP contribution in [0, 0.1) is 5.82 Å². The molecule has 3 rings (SSSR count). The van der Waals surface area contributed by atoms with Crippen LogP contribution in [0.15, 0.2) is 23.8 Å². The zero-order chi connectivity index (χ0) is 22.4. The summed E-state index contributed by atoms with van der Waals surface area (Å²) in [6.07, 6.45) is 3.51. The standard InChI is InChI=1S/C23H28FN3O2S/c1-7-25-20(28)17(21(29)26(8-2)22(25)30)11-15-10-16-14(4)13-23(5,6)27(9-3)19(16)12-18(15)24/h10-13H,7-9H2,1-6H3. The zero-order valence-corrected chi connectivity index (χ0v) is 19.2. The molecular formula is C23H28FN3O2S. The highest BCUT2D eigenvalue weighted by Gasteiger charge is 2.38. The summed E-state index contributed by atoms with van der Waals surface area (Å²) in [5.74, 6) is -1.44. The van der Waals surface area contributed by atoms with Gasteiger partial charge in [-0.25, -0.2) is 4.39 Å². The van der Waals surface area contributed by atoms with Gasteiger partial charge in [0.1, 0.15) is 11.4 Å². The predicted octanol–water partition coefficient (Wildman–Crippen LogP) is 4.23. The van der Waals surface area contributed by atoms with E-state index >= 15 is 4.39 Å². The van der Waals surface area contributed by atoms with E-state index in [0.29, 0.717) is 13.1 Å². The van der Waals surface area contributed by atoms with Crippen LogP contribution in [0.1, 0.15) is 52.7 Å². The van der Waals surface area contributed by atoms with Gasteiger partial charge in [0, 0.05) is 36.4 Å². The van der Waals surface area contributed by atoms with Gasteiger partial charge in [-0.05, 0) is 77.5 Å². The molecule has 0 aliphatic carbocycles. The second-order valence-electron chi connectivity index (χ2n) is 8.06. The van der Waals surface area contributed by atoms with E-state index in [4.69, 9.17) is 12.2 Å². The number of thiocarbonyl (C=S) groups is 1. The molecule has 0 atom stereocenters. The van der Waals surface area contributed by atoms with Crippen molar-refractivity contribution in [3.05, 3.63) is 40.7 Å². The van der Waals surface area contributed by atoms with E-state index < -0.39 is 17.6 Å². The normalized spacial score (nSPS) is 18.6. The lowest BCUT2D eigenvalue weighted by atomic mass is 9.87. The van der Waals surface area contributed by atoms with E-state index in [9.17, 15) is 9.59 Å². The van der Waals surface area contributed by atoms with Gasteiger partial charge in [0.05, 0.1) is 5.54 Å². The Morgan fingerprint density at radius 1 is 1.03 bits per heavy atom. The van der Waals surface area contributed by atoms with E-state index in [-0.39, 0.29) is 21.8 Å². The number of hydrogen-bond donors (Lipinski definition) is 0. The van der Waals surface area contributed by atoms with Crippen LogP contribution in [0.5, 0.6) is 0 Å². The molecule has 2 amide bonds. The largest absolute Gasteiger partial charge is 0.363 e. The first kappa shape index (κ1) is 22.2. The molecule has 30 heavy (non-hydrogen) atoms. The van der Waals surface area contributed by atoms with E-state index in [1.165, 1.54) is 21.9 Å². The first-order valence-electron chi connectivity index (χ1n) is 10.3. The lowest BCUT2D eigenvalue weighted by Crippen LogP contribution is -2.55. The van der Waals surface area contributed by atoms with E-state index in [1.807, 2.05) is 13.8 Å². The number of nitrogens with zero attached hydrogens (tertiary/aromatic N) is 3. The molecule has 160 valence electrons. The molecule has 5 nitrogen and oxygen atoms in total. The molecule has 0 aromatic heterocycles. The summed E-state index contributed by atoms with van der Waals surface area (Å²) in [7, 11) is 0. The lowest BCUT2D eigenvalue weighted by Gasteiger charge is -2.43. The molecule has 1 aromatic rings. The number of rotatable bonds is 4. The van der Waals surface area contributed by atoms with Crippen molar-refractivity contribution in [2.45, 2.75) is 47.1 Å². The molecule has 0 saturated carbocycles. The number of anilines is 1. The van der Waals surface area contributed by atoms with Crippen LogP contribution in [0.3, 0.4) is 0 Å². The Morgan fingerprint density at radius 3 is 2.10 bits per heavy atom. The fraction of sp³-hybridized carbons (Fsp3) is 0.435. The predicted molar refractivity (Wildman–Crippen MR) is 122 cm³/mol. The maximum atomic E-state index is 15.1. The minimum atomic E-state index is -0.488. The summed E-state index contributed by atoms with van der Waals surface area (Å²) in [6, 6.07) is 3.22. The van der Waals surface area contributed by atoms with Crippen molar-refractivity contribution in [3.8, 4) is 0 Å². The highest BCUT2D eigenvalue weighted by Crippen LogP contribution is 2.40. The van der Waals surface area contributed by atoms with Gasteiger partial charge in [-0.15, -0.1) is 0 Å². The number of carbonyl (C=O) groups is 2. The minimum Gasteiger partial charge on any atom is -0.363 e. The summed E-state index contributed by atoms with van der Waals surface area (Å²) in [4.78, 5) is 30.6. The van der Waals surface area contributed by atoms with Crippen LogP contribution in [-0.4, -0.2) is 51.9 Å². The van der Waals surface area contributed by atoms with Crippen molar-refractivity contribution in [2.75, 3.05) is 24.5 Å². The Labute approximate surface area is 182 Å². The summed E-state index contributed by atoms with van der Waals surface area (Å²) >= 11 is 5.28. The molecule has 1 aromatic carbocycles. The smallest absolute Gasteiger partial charge is 0.265 e. The molecule has 2 heterocycles. The molecule has 0 radical (unpaired) electrons. The van der Waals surface area contributed by atoms with Gasteiger partial charge >= 0.3 is 0 Å². The van der Waals surface area contributed by atoms with Gasteiger partial charge in [0.15, 0.2) is 5.11 Å². The highest BCUT2D eigenvalue weighted by atomic mass is 32.1. The average Bonchev–Trinajstić information content (AvgIpc) is 2.66. The number of benzene rings is 1. The van der Waals surface area contributed by atoms with Gasteiger partial charge in [-0.1, -0.05) is 6.08 Å². The highest BCUT2D eigenvalue weighted by molar-refractivity contribution is 7.80. The molecule has 0 spiro atoms. The number of hydrogen-bond acceptors (Lipinski definition) is 4. The van der Waals surface area contributed by atoms with Gasteiger partial charge in [-0.3, -0.25) is 19.4 Å². The number of halogens is 1. The van der Waals surface area contributed by atoms with Crippen LogP contribution >= 0.6 is 12.2 Å². The zero-order valence-electron chi connectivity index (χ0n) is 18.4. The first-order chi connectivity index (χ1) is 14.1. The fourth-order valence-electron chi connectivity index (χ4n) is 4.34. The first-order valence-corrected chi connectivity index (χ1v) is 10.7. The van der Waals surface area contributed by atoms with E-state index in [2.05, 4.69) is 24.8 Å². The van der Waals surface area contributed by atoms with Crippen LogP contribution in [0.4, 0.5) is 10.1 Å². The Kier molecular flexibility index (Phi) is 5.87. The van der Waals surface area contributed by atoms with Crippen molar-refractivity contribution in [1.82, 2.24) is 9.80 Å². The van der Waals surface area contributed by atoms with E-state index in [0.717, 1.165) is 23.4 Å². The third kappa shape index (κ3) is 3.45. The molecule has 1 saturated heterocycles. The maximum Gasteiger partial charge on any atom is 0.265 e. The summed E-state index contributed by atoms with van der Waals surface area (Å²) in [5, 5.41) is 0.192. The topological polar surface area (TPSA) is 43.9 Å². The Hall–Kier alpha value is -2.54. The number of fused-ring (bicyclic) bond motifs is 1. The molecular weight excluding hydrogens is 401 g/mol. The molecule has 0 bridgehead atoms. The average molecular weight is 430 g/mol. The summed E-state index contributed by atoms with van der Waals surface area (Å²) in [6.45, 7) is 13.2. The lowest BCUT2D eigenvalue weighted by molar-refractivity contribution is -0.133. The summed E-state index contributed by atoms with van der Waals surface area (Å²) < 4.78 is 15.1. The van der Waals surface area contributed by atoms with Gasteiger partial charge in [0.25, 0.3) is 11.8 Å². The molecule has 2 aliphatic rings. The van der Waals surface area contributed by atoms with Crippen LogP contribution in [-0.2, 0) is 9.59 Å². The number of likely N-dealkylation sites (N-methyl/N-ethyl adjacent to an activating group) is 3. The van der Waals surface area contributed by atoms with Crippen molar-refractivity contribution < 1.29 is 14.0 Å². The van der Waals surface area contributed by atoms with Gasteiger partial charge in [-0.2, -0.15) is 0 Å². The van der Waals surface area contributed by atoms with Crippen molar-refractivity contribution >= 4 is 46.5 Å². The van der Waals surface area contributed by atoms with E-state index in [1.54, 1.807) is 19.9 Å². The van der Waals surface area contributed by atoms with Crippen molar-refractivity contribution in [1.29, 1.82) is 0 Å². The van der Waals surface area contributed by atoms with Gasteiger partial charge in [0.2, 0.25) is 0 Å². The van der Waals surface area contributed by atoms with Crippen LogP contribution in [0.25, 0.3) is 11.6 Å². The van der Waals surface area contributed by atoms with Crippen molar-refractivity contribution in [3.63, 3.8) is 0 Å². The third-order valence-corrected chi connectivity index (χ3v) is 6.20. The SMILES string of the molecule is CCN1C(=O)C(=Cc2cc3c(cc2F)N(CC)C(C)(C)C=C3C)C(=O)N(CC)C1=S.